The third-order valence-electron chi connectivity index (χ3n) is 2.56. The van der Waals surface area contributed by atoms with Gasteiger partial charge in [-0.05, 0) is 18.9 Å². The van der Waals surface area contributed by atoms with Gasteiger partial charge in [-0.25, -0.2) is 0 Å². The van der Waals surface area contributed by atoms with Crippen LogP contribution in [0, 0.1) is 0 Å². The van der Waals surface area contributed by atoms with Crippen molar-refractivity contribution in [1.29, 1.82) is 0 Å². The molecule has 6 heteroatoms. The van der Waals surface area contributed by atoms with Crippen molar-refractivity contribution >= 4 is 5.84 Å². The molecule has 0 spiro atoms. The van der Waals surface area contributed by atoms with Crippen LogP contribution in [0.5, 0.6) is 5.75 Å². The lowest BCUT2D eigenvalue weighted by Gasteiger charge is -2.11. The van der Waals surface area contributed by atoms with E-state index in [2.05, 4.69) is 10.1 Å². The number of oxime groups is 1. The minimum atomic E-state index is -0.0347. The van der Waals surface area contributed by atoms with Crippen molar-refractivity contribution in [3.63, 3.8) is 0 Å². The highest BCUT2D eigenvalue weighted by Gasteiger charge is 2.16. The maximum atomic E-state index is 8.54. The number of nitrogens with two attached hydrogens (primary N) is 1. The molecule has 1 atom stereocenters. The van der Waals surface area contributed by atoms with E-state index in [4.69, 9.17) is 20.4 Å². The molecule has 0 radical (unpaired) electrons. The summed E-state index contributed by atoms with van der Waals surface area (Å²) < 4.78 is 11.0. The molecule has 2 heterocycles. The summed E-state index contributed by atoms with van der Waals surface area (Å²) in [6.07, 6.45) is 3.83. The van der Waals surface area contributed by atoms with Gasteiger partial charge in [0.25, 0.3) is 0 Å². The highest BCUT2D eigenvalue weighted by molar-refractivity contribution is 5.95. The first-order valence-corrected chi connectivity index (χ1v) is 5.48. The van der Waals surface area contributed by atoms with Gasteiger partial charge in [-0.15, -0.1) is 0 Å². The number of hydrogen-bond donors (Lipinski definition) is 2. The van der Waals surface area contributed by atoms with Crippen LogP contribution < -0.4 is 10.5 Å². The standard InChI is InChI=1S/C11H15N3O3/c12-11(14-15)10-6-8(3-4-13-10)17-7-9-2-1-5-16-9/h3-4,6,9,15H,1-2,5,7H2,(H2,12,14). The zero-order valence-corrected chi connectivity index (χ0v) is 9.37. The molecule has 1 aliphatic heterocycles. The van der Waals surface area contributed by atoms with E-state index in [1.165, 1.54) is 0 Å². The van der Waals surface area contributed by atoms with Crippen molar-refractivity contribution < 1.29 is 14.7 Å². The van der Waals surface area contributed by atoms with Crippen LogP contribution in [0.4, 0.5) is 0 Å². The molecule has 1 unspecified atom stereocenters. The summed E-state index contributed by atoms with van der Waals surface area (Å²) in [6, 6.07) is 3.35. The van der Waals surface area contributed by atoms with E-state index in [9.17, 15) is 0 Å². The minimum absolute atomic E-state index is 0.0347. The molecule has 2 rings (SSSR count). The zero-order chi connectivity index (χ0) is 12.1. The first kappa shape index (κ1) is 11.7. The van der Waals surface area contributed by atoms with Crippen LogP contribution in [0.15, 0.2) is 23.5 Å². The third kappa shape index (κ3) is 3.07. The van der Waals surface area contributed by atoms with Crippen molar-refractivity contribution in [1.82, 2.24) is 4.98 Å². The molecule has 1 saturated heterocycles. The Kier molecular flexibility index (Phi) is 3.77. The topological polar surface area (TPSA) is 90.0 Å². The summed E-state index contributed by atoms with van der Waals surface area (Å²) in [5.41, 5.74) is 5.83. The van der Waals surface area contributed by atoms with Crippen LogP contribution in [0.2, 0.25) is 0 Å². The lowest BCUT2D eigenvalue weighted by molar-refractivity contribution is 0.0679. The molecule has 0 aliphatic carbocycles. The molecule has 1 fully saturated rings. The quantitative estimate of drug-likeness (QED) is 0.349. The van der Waals surface area contributed by atoms with Gasteiger partial charge in [-0.2, -0.15) is 0 Å². The molecule has 92 valence electrons. The fourth-order valence-electron chi connectivity index (χ4n) is 1.66. The molecule has 0 saturated carbocycles. The highest BCUT2D eigenvalue weighted by Crippen LogP contribution is 2.16. The predicted octanol–water partition coefficient (Wildman–Crippen LogP) is 0.734. The summed E-state index contributed by atoms with van der Waals surface area (Å²) in [5, 5.41) is 11.4. The summed E-state index contributed by atoms with van der Waals surface area (Å²) in [6.45, 7) is 1.32. The van der Waals surface area contributed by atoms with Gasteiger partial charge >= 0.3 is 0 Å². The number of aromatic nitrogens is 1. The molecule has 1 aliphatic rings. The average Bonchev–Trinajstić information content (AvgIpc) is 2.89. The summed E-state index contributed by atoms with van der Waals surface area (Å²) >= 11 is 0. The SMILES string of the molecule is NC(=NO)c1cc(OCC2CCCO2)ccn1. The van der Waals surface area contributed by atoms with E-state index < -0.39 is 0 Å². The Morgan fingerprint density at radius 3 is 3.29 bits per heavy atom. The average molecular weight is 237 g/mol. The lowest BCUT2D eigenvalue weighted by atomic mass is 10.2. The normalized spacial score (nSPS) is 20.5. The molecular formula is C11H15N3O3. The van der Waals surface area contributed by atoms with E-state index in [-0.39, 0.29) is 11.9 Å². The fraction of sp³-hybridized carbons (Fsp3) is 0.455. The fourth-order valence-corrected chi connectivity index (χ4v) is 1.66. The molecule has 0 aromatic carbocycles. The Hall–Kier alpha value is -1.82. The van der Waals surface area contributed by atoms with Crippen molar-refractivity contribution in [2.75, 3.05) is 13.2 Å². The van der Waals surface area contributed by atoms with Gasteiger partial charge in [0, 0.05) is 18.9 Å². The van der Waals surface area contributed by atoms with Crippen LogP contribution >= 0.6 is 0 Å². The van der Waals surface area contributed by atoms with Gasteiger partial charge < -0.3 is 20.4 Å². The van der Waals surface area contributed by atoms with Gasteiger partial charge in [0.2, 0.25) is 0 Å². The van der Waals surface area contributed by atoms with Gasteiger partial charge in [-0.3, -0.25) is 4.98 Å². The summed E-state index contributed by atoms with van der Waals surface area (Å²) in [5.74, 6) is 0.602. The van der Waals surface area contributed by atoms with Crippen molar-refractivity contribution in [2.24, 2.45) is 10.9 Å². The molecule has 6 nitrogen and oxygen atoms in total. The van der Waals surface area contributed by atoms with E-state index in [0.29, 0.717) is 18.1 Å². The number of rotatable bonds is 4. The number of pyridine rings is 1. The molecular weight excluding hydrogens is 222 g/mol. The molecule has 0 bridgehead atoms. The zero-order valence-electron chi connectivity index (χ0n) is 9.37. The third-order valence-corrected chi connectivity index (χ3v) is 2.56. The Balaban J connectivity index is 1.96. The number of amidine groups is 1. The number of ether oxygens (including phenoxy) is 2. The maximum Gasteiger partial charge on any atom is 0.188 e. The second kappa shape index (κ2) is 5.49. The van der Waals surface area contributed by atoms with E-state index >= 15 is 0 Å². The van der Waals surface area contributed by atoms with Crippen LogP contribution in [0.1, 0.15) is 18.5 Å². The molecule has 17 heavy (non-hydrogen) atoms. The van der Waals surface area contributed by atoms with Crippen molar-refractivity contribution in [2.45, 2.75) is 18.9 Å². The van der Waals surface area contributed by atoms with E-state index in [0.717, 1.165) is 19.4 Å². The maximum absolute atomic E-state index is 8.54. The predicted molar refractivity (Wildman–Crippen MR) is 61.2 cm³/mol. The first-order chi connectivity index (χ1) is 8.29. The largest absolute Gasteiger partial charge is 0.491 e. The number of nitrogens with zero attached hydrogens (tertiary/aromatic N) is 2. The van der Waals surface area contributed by atoms with Gasteiger partial charge in [-0.1, -0.05) is 5.16 Å². The Labute approximate surface area is 99.0 Å². The second-order valence-electron chi connectivity index (χ2n) is 3.81. The summed E-state index contributed by atoms with van der Waals surface area (Å²) in [4.78, 5) is 3.96. The van der Waals surface area contributed by atoms with E-state index in [1.807, 2.05) is 0 Å². The Bertz CT molecular complexity index is 403. The van der Waals surface area contributed by atoms with Gasteiger partial charge in [0.15, 0.2) is 5.84 Å². The Morgan fingerprint density at radius 1 is 1.71 bits per heavy atom. The molecule has 1 aromatic heterocycles. The van der Waals surface area contributed by atoms with Crippen LogP contribution in [-0.4, -0.2) is 35.3 Å². The van der Waals surface area contributed by atoms with Gasteiger partial charge in [0.1, 0.15) is 18.1 Å². The van der Waals surface area contributed by atoms with Crippen LogP contribution in [-0.2, 0) is 4.74 Å². The highest BCUT2D eigenvalue weighted by atomic mass is 16.5. The molecule has 1 aromatic rings. The minimum Gasteiger partial charge on any atom is -0.491 e. The smallest absolute Gasteiger partial charge is 0.188 e. The number of hydrogen-bond acceptors (Lipinski definition) is 5. The van der Waals surface area contributed by atoms with Crippen molar-refractivity contribution in [3.05, 3.63) is 24.0 Å². The van der Waals surface area contributed by atoms with Crippen LogP contribution in [0.3, 0.4) is 0 Å². The van der Waals surface area contributed by atoms with Crippen molar-refractivity contribution in [3.8, 4) is 5.75 Å². The monoisotopic (exact) mass is 237 g/mol. The summed E-state index contributed by atoms with van der Waals surface area (Å²) in [7, 11) is 0. The van der Waals surface area contributed by atoms with E-state index in [1.54, 1.807) is 18.3 Å². The van der Waals surface area contributed by atoms with Gasteiger partial charge in [0.05, 0.1) is 6.10 Å². The molecule has 0 amide bonds. The molecule has 3 N–H and O–H groups in total. The second-order valence-corrected chi connectivity index (χ2v) is 3.81. The lowest BCUT2D eigenvalue weighted by Crippen LogP contribution is -2.17. The first-order valence-electron chi connectivity index (χ1n) is 5.48. The Morgan fingerprint density at radius 2 is 2.59 bits per heavy atom. The van der Waals surface area contributed by atoms with Crippen LogP contribution in [0.25, 0.3) is 0 Å².